The van der Waals surface area contributed by atoms with E-state index in [-0.39, 0.29) is 30.3 Å². The van der Waals surface area contributed by atoms with E-state index in [0.29, 0.717) is 23.1 Å². The van der Waals surface area contributed by atoms with Crippen LogP contribution in [-0.4, -0.2) is 36.3 Å². The van der Waals surface area contributed by atoms with Gasteiger partial charge in [0.05, 0.1) is 12.5 Å². The van der Waals surface area contributed by atoms with Crippen LogP contribution in [0.5, 0.6) is 0 Å². The molecule has 0 spiro atoms. The highest BCUT2D eigenvalue weighted by Crippen LogP contribution is 2.26. The molecule has 3 N–H and O–H groups in total. The third-order valence-electron chi connectivity index (χ3n) is 4.16. The molecule has 2 atom stereocenters. The molecule has 23 heavy (non-hydrogen) atoms. The van der Waals surface area contributed by atoms with Gasteiger partial charge in [0.15, 0.2) is 0 Å². The summed E-state index contributed by atoms with van der Waals surface area (Å²) in [6, 6.07) is 5.21. The molecule has 1 aliphatic heterocycles. The van der Waals surface area contributed by atoms with Crippen molar-refractivity contribution in [2.45, 2.75) is 25.8 Å². The van der Waals surface area contributed by atoms with Crippen LogP contribution < -0.4 is 11.1 Å². The van der Waals surface area contributed by atoms with Crippen molar-refractivity contribution in [2.24, 2.45) is 11.7 Å². The van der Waals surface area contributed by atoms with Gasteiger partial charge in [0, 0.05) is 29.2 Å². The van der Waals surface area contributed by atoms with Crippen molar-refractivity contribution in [3.05, 3.63) is 33.8 Å². The summed E-state index contributed by atoms with van der Waals surface area (Å²) in [7, 11) is 0. The number of nitrogens with one attached hydrogen (secondary N) is 1. The molecule has 1 saturated heterocycles. The maximum atomic E-state index is 12.3. The number of nitrogens with zero attached hydrogens (tertiary/aromatic N) is 1. The van der Waals surface area contributed by atoms with Crippen molar-refractivity contribution in [1.82, 2.24) is 10.2 Å². The van der Waals surface area contributed by atoms with Gasteiger partial charge in [-0.1, -0.05) is 29.3 Å². The van der Waals surface area contributed by atoms with Crippen molar-refractivity contribution in [2.75, 3.05) is 19.6 Å². The Morgan fingerprint density at radius 2 is 2.17 bits per heavy atom. The lowest BCUT2D eigenvalue weighted by Gasteiger charge is -2.31. The van der Waals surface area contributed by atoms with Gasteiger partial charge < -0.3 is 16.0 Å². The average Bonchev–Trinajstić information content (AvgIpc) is 2.52. The Morgan fingerprint density at radius 3 is 2.83 bits per heavy atom. The van der Waals surface area contributed by atoms with Crippen molar-refractivity contribution in [3.63, 3.8) is 0 Å². The molecule has 2 amide bonds. The van der Waals surface area contributed by atoms with Crippen LogP contribution in [-0.2, 0) is 9.59 Å². The van der Waals surface area contributed by atoms with Gasteiger partial charge in [-0.3, -0.25) is 9.59 Å². The Balaban J connectivity index is 1.89. The van der Waals surface area contributed by atoms with Crippen LogP contribution in [0.4, 0.5) is 0 Å². The summed E-state index contributed by atoms with van der Waals surface area (Å²) in [5.41, 5.74) is 6.23. The molecule has 0 radical (unpaired) electrons. The second kappa shape index (κ2) is 7.99. The molecule has 1 aliphatic rings. The number of hydrogen-bond donors (Lipinski definition) is 2. The number of piperidine rings is 1. The highest BCUT2D eigenvalue weighted by Gasteiger charge is 2.26. The van der Waals surface area contributed by atoms with Gasteiger partial charge >= 0.3 is 0 Å². The normalized spacial score (nSPS) is 19.4. The first kappa shape index (κ1) is 18.0. The van der Waals surface area contributed by atoms with Crippen molar-refractivity contribution >= 4 is 35.0 Å². The number of halogens is 2. The first-order valence-electron chi connectivity index (χ1n) is 7.64. The van der Waals surface area contributed by atoms with Gasteiger partial charge in [-0.2, -0.15) is 0 Å². The zero-order chi connectivity index (χ0) is 17.0. The van der Waals surface area contributed by atoms with E-state index in [4.69, 9.17) is 28.9 Å². The van der Waals surface area contributed by atoms with Crippen LogP contribution in [0.2, 0.25) is 10.0 Å². The van der Waals surface area contributed by atoms with Gasteiger partial charge in [0.2, 0.25) is 11.8 Å². The summed E-state index contributed by atoms with van der Waals surface area (Å²) in [6.45, 7) is 3.20. The van der Waals surface area contributed by atoms with Crippen LogP contribution in [0.15, 0.2) is 18.2 Å². The Morgan fingerprint density at radius 1 is 1.43 bits per heavy atom. The molecule has 2 unspecified atom stereocenters. The standard InChI is InChI=1S/C16H21Cl2N3O2/c1-10(13-5-4-12(17)7-14(13)18)20-8-15(22)21-6-2-3-11(9-21)16(19)23/h4-5,7,10-11,20H,2-3,6,8-9H2,1H3,(H2,19,23). The molecule has 1 fully saturated rings. The van der Waals surface area contributed by atoms with Gasteiger partial charge in [0.25, 0.3) is 0 Å². The summed E-state index contributed by atoms with van der Waals surface area (Å²) in [6.07, 6.45) is 1.56. The Bertz CT molecular complexity index is 595. The average molecular weight is 358 g/mol. The van der Waals surface area contributed by atoms with E-state index in [1.165, 1.54) is 0 Å². The lowest BCUT2D eigenvalue weighted by molar-refractivity contribution is -0.134. The highest BCUT2D eigenvalue weighted by molar-refractivity contribution is 6.35. The number of carbonyl (C=O) groups excluding carboxylic acids is 2. The number of primary amides is 1. The number of carbonyl (C=O) groups is 2. The summed E-state index contributed by atoms with van der Waals surface area (Å²) >= 11 is 12.1. The molecular weight excluding hydrogens is 337 g/mol. The summed E-state index contributed by atoms with van der Waals surface area (Å²) < 4.78 is 0. The highest BCUT2D eigenvalue weighted by atomic mass is 35.5. The first-order chi connectivity index (χ1) is 10.9. The molecule has 1 aromatic carbocycles. The third kappa shape index (κ3) is 4.83. The Labute approximate surface area is 146 Å². The molecule has 0 aliphatic carbocycles. The maximum absolute atomic E-state index is 12.3. The molecule has 5 nitrogen and oxygen atoms in total. The van der Waals surface area contributed by atoms with Crippen LogP contribution >= 0.6 is 23.2 Å². The number of nitrogens with two attached hydrogens (primary N) is 1. The van der Waals surface area contributed by atoms with Crippen LogP contribution in [0.25, 0.3) is 0 Å². The van der Waals surface area contributed by atoms with E-state index >= 15 is 0 Å². The van der Waals surface area contributed by atoms with Crippen molar-refractivity contribution < 1.29 is 9.59 Å². The molecule has 0 bridgehead atoms. The number of benzene rings is 1. The predicted molar refractivity (Wildman–Crippen MR) is 91.4 cm³/mol. The molecule has 2 rings (SSSR count). The lowest BCUT2D eigenvalue weighted by Crippen LogP contribution is -2.47. The van der Waals surface area contributed by atoms with Crippen molar-refractivity contribution in [3.8, 4) is 0 Å². The van der Waals surface area contributed by atoms with E-state index in [0.717, 1.165) is 18.4 Å². The van der Waals surface area contributed by atoms with Crippen LogP contribution in [0.1, 0.15) is 31.4 Å². The molecule has 0 aromatic heterocycles. The third-order valence-corrected chi connectivity index (χ3v) is 4.73. The molecular formula is C16H21Cl2N3O2. The smallest absolute Gasteiger partial charge is 0.236 e. The van der Waals surface area contributed by atoms with Gasteiger partial charge in [0.1, 0.15) is 0 Å². The Kier molecular flexibility index (Phi) is 6.27. The second-order valence-corrected chi connectivity index (χ2v) is 6.69. The number of rotatable bonds is 5. The first-order valence-corrected chi connectivity index (χ1v) is 8.39. The Hall–Kier alpha value is -1.30. The number of amides is 2. The number of likely N-dealkylation sites (tertiary alicyclic amines) is 1. The predicted octanol–water partition coefficient (Wildman–Crippen LogP) is 2.37. The SMILES string of the molecule is CC(NCC(=O)N1CCCC(C(N)=O)C1)c1ccc(Cl)cc1Cl. The second-order valence-electron chi connectivity index (χ2n) is 5.85. The summed E-state index contributed by atoms with van der Waals surface area (Å²) in [5.74, 6) is -0.611. The summed E-state index contributed by atoms with van der Waals surface area (Å²) in [4.78, 5) is 25.3. The molecule has 7 heteroatoms. The molecule has 126 valence electrons. The van der Waals surface area contributed by atoms with Gasteiger partial charge in [-0.05, 0) is 37.5 Å². The quantitative estimate of drug-likeness (QED) is 0.849. The maximum Gasteiger partial charge on any atom is 0.236 e. The topological polar surface area (TPSA) is 75.4 Å². The molecule has 1 aromatic rings. The fourth-order valence-electron chi connectivity index (χ4n) is 2.75. The number of hydrogen-bond acceptors (Lipinski definition) is 3. The molecule has 1 heterocycles. The van der Waals surface area contributed by atoms with E-state index < -0.39 is 0 Å². The van der Waals surface area contributed by atoms with Crippen LogP contribution in [0.3, 0.4) is 0 Å². The molecule has 0 saturated carbocycles. The van der Waals surface area contributed by atoms with E-state index in [1.807, 2.05) is 13.0 Å². The van der Waals surface area contributed by atoms with Crippen molar-refractivity contribution in [1.29, 1.82) is 0 Å². The van der Waals surface area contributed by atoms with Crippen LogP contribution in [0, 0.1) is 5.92 Å². The zero-order valence-corrected chi connectivity index (χ0v) is 14.5. The van der Waals surface area contributed by atoms with E-state index in [1.54, 1.807) is 17.0 Å². The zero-order valence-electron chi connectivity index (χ0n) is 13.0. The van der Waals surface area contributed by atoms with Gasteiger partial charge in [-0.15, -0.1) is 0 Å². The van der Waals surface area contributed by atoms with E-state index in [9.17, 15) is 9.59 Å². The monoisotopic (exact) mass is 357 g/mol. The lowest BCUT2D eigenvalue weighted by atomic mass is 9.97. The fourth-order valence-corrected chi connectivity index (χ4v) is 3.32. The largest absolute Gasteiger partial charge is 0.369 e. The fraction of sp³-hybridized carbons (Fsp3) is 0.500. The van der Waals surface area contributed by atoms with Gasteiger partial charge in [-0.25, -0.2) is 0 Å². The summed E-state index contributed by atoms with van der Waals surface area (Å²) in [5, 5.41) is 4.31. The minimum atomic E-state index is -0.336. The van der Waals surface area contributed by atoms with E-state index in [2.05, 4.69) is 5.32 Å². The minimum Gasteiger partial charge on any atom is -0.369 e. The minimum absolute atomic E-state index is 0.0344.